The quantitative estimate of drug-likeness (QED) is 0.753. The van der Waals surface area contributed by atoms with Gasteiger partial charge in [0.1, 0.15) is 11.6 Å². The SMILES string of the molecule is OB(O)c1cccnc1-c1cc(F)cc(F)c1. The largest absolute Gasteiger partial charge is 0.490 e. The van der Waals surface area contributed by atoms with Gasteiger partial charge in [-0.3, -0.25) is 4.98 Å². The summed E-state index contributed by atoms with van der Waals surface area (Å²) >= 11 is 0. The molecule has 0 saturated carbocycles. The molecule has 1 aromatic heterocycles. The third-order valence-corrected chi connectivity index (χ3v) is 2.25. The van der Waals surface area contributed by atoms with E-state index in [4.69, 9.17) is 10.0 Å². The fourth-order valence-corrected chi connectivity index (χ4v) is 1.56. The highest BCUT2D eigenvalue weighted by Gasteiger charge is 2.18. The van der Waals surface area contributed by atoms with Gasteiger partial charge in [0.05, 0.1) is 5.69 Å². The van der Waals surface area contributed by atoms with Gasteiger partial charge in [0.25, 0.3) is 0 Å². The van der Waals surface area contributed by atoms with Crippen LogP contribution >= 0.6 is 0 Å². The van der Waals surface area contributed by atoms with Crippen molar-refractivity contribution in [3.8, 4) is 11.3 Å². The molecule has 0 aliphatic heterocycles. The third-order valence-electron chi connectivity index (χ3n) is 2.25. The Morgan fingerprint density at radius 3 is 2.29 bits per heavy atom. The van der Waals surface area contributed by atoms with Crippen molar-refractivity contribution in [3.05, 3.63) is 48.2 Å². The Balaban J connectivity index is 2.60. The molecule has 1 heterocycles. The maximum atomic E-state index is 13.1. The molecule has 2 N–H and O–H groups in total. The second kappa shape index (κ2) is 4.61. The number of nitrogens with zero attached hydrogens (tertiary/aromatic N) is 1. The third kappa shape index (κ3) is 2.48. The molecule has 1 aromatic carbocycles. The van der Waals surface area contributed by atoms with E-state index in [2.05, 4.69) is 4.98 Å². The average Bonchev–Trinajstić information content (AvgIpc) is 2.27. The zero-order chi connectivity index (χ0) is 12.4. The molecule has 0 unspecified atom stereocenters. The van der Waals surface area contributed by atoms with Gasteiger partial charge >= 0.3 is 7.12 Å². The van der Waals surface area contributed by atoms with E-state index in [0.29, 0.717) is 0 Å². The van der Waals surface area contributed by atoms with E-state index in [0.717, 1.165) is 18.2 Å². The van der Waals surface area contributed by atoms with Crippen LogP contribution in [0.5, 0.6) is 0 Å². The van der Waals surface area contributed by atoms with Crippen molar-refractivity contribution in [3.63, 3.8) is 0 Å². The molecule has 86 valence electrons. The molecule has 0 spiro atoms. The molecule has 0 amide bonds. The number of rotatable bonds is 2. The molecule has 2 aromatic rings. The van der Waals surface area contributed by atoms with Crippen LogP contribution in [0.15, 0.2) is 36.5 Å². The summed E-state index contributed by atoms with van der Waals surface area (Å²) in [5.41, 5.74) is 0.393. The van der Waals surface area contributed by atoms with E-state index in [1.165, 1.54) is 18.3 Å². The number of hydrogen-bond acceptors (Lipinski definition) is 3. The topological polar surface area (TPSA) is 53.4 Å². The molecule has 0 atom stereocenters. The number of halogens is 2. The normalized spacial score (nSPS) is 10.4. The summed E-state index contributed by atoms with van der Waals surface area (Å²) in [5, 5.41) is 18.3. The standard InChI is InChI=1S/C11H8BF2NO2/c13-8-4-7(5-9(14)6-8)11-10(12(16)17)2-1-3-15-11/h1-6,16-17H. The molecule has 0 aliphatic rings. The Morgan fingerprint density at radius 2 is 1.71 bits per heavy atom. The van der Waals surface area contributed by atoms with Crippen LogP contribution in [-0.2, 0) is 0 Å². The fraction of sp³-hybridized carbons (Fsp3) is 0. The molecule has 3 nitrogen and oxygen atoms in total. The van der Waals surface area contributed by atoms with Gasteiger partial charge in [0.2, 0.25) is 0 Å². The molecule has 0 fully saturated rings. The van der Waals surface area contributed by atoms with Crippen LogP contribution in [0.3, 0.4) is 0 Å². The van der Waals surface area contributed by atoms with Crippen LogP contribution in [0.2, 0.25) is 0 Å². The predicted octanol–water partition coefficient (Wildman–Crippen LogP) is 0.707. The zero-order valence-corrected chi connectivity index (χ0v) is 8.64. The lowest BCUT2D eigenvalue weighted by Crippen LogP contribution is -2.32. The van der Waals surface area contributed by atoms with Crippen molar-refractivity contribution in [2.24, 2.45) is 0 Å². The molecule has 0 radical (unpaired) electrons. The summed E-state index contributed by atoms with van der Waals surface area (Å²) in [5.74, 6) is -1.49. The maximum Gasteiger partial charge on any atom is 0.490 e. The van der Waals surface area contributed by atoms with E-state index >= 15 is 0 Å². The van der Waals surface area contributed by atoms with Gasteiger partial charge in [-0.1, -0.05) is 6.07 Å². The van der Waals surface area contributed by atoms with Crippen molar-refractivity contribution in [1.29, 1.82) is 0 Å². The summed E-state index contributed by atoms with van der Waals surface area (Å²) < 4.78 is 26.1. The number of hydrogen-bond donors (Lipinski definition) is 2. The minimum atomic E-state index is -1.75. The molecular formula is C11H8BF2NO2. The molecule has 2 rings (SSSR count). The average molecular weight is 235 g/mol. The lowest BCUT2D eigenvalue weighted by Gasteiger charge is -2.07. The maximum absolute atomic E-state index is 13.1. The van der Waals surface area contributed by atoms with E-state index in [-0.39, 0.29) is 16.7 Å². The van der Waals surface area contributed by atoms with Crippen molar-refractivity contribution >= 4 is 12.6 Å². The van der Waals surface area contributed by atoms with E-state index < -0.39 is 18.8 Å². The summed E-state index contributed by atoms with van der Waals surface area (Å²) in [4.78, 5) is 3.90. The van der Waals surface area contributed by atoms with Crippen molar-refractivity contribution in [2.45, 2.75) is 0 Å². The smallest absolute Gasteiger partial charge is 0.423 e. The van der Waals surface area contributed by atoms with Crippen molar-refractivity contribution in [2.75, 3.05) is 0 Å². The number of benzene rings is 1. The van der Waals surface area contributed by atoms with Gasteiger partial charge < -0.3 is 10.0 Å². The van der Waals surface area contributed by atoms with Crippen LogP contribution in [0.1, 0.15) is 0 Å². The van der Waals surface area contributed by atoms with Gasteiger partial charge in [-0.15, -0.1) is 0 Å². The Hall–Kier alpha value is -1.79. The second-order valence-electron chi connectivity index (χ2n) is 3.47. The van der Waals surface area contributed by atoms with Crippen LogP contribution in [0, 0.1) is 11.6 Å². The van der Waals surface area contributed by atoms with E-state index in [1.54, 1.807) is 0 Å². The lowest BCUT2D eigenvalue weighted by molar-refractivity contribution is 0.426. The minimum absolute atomic E-state index is 0.0949. The summed E-state index contributed by atoms with van der Waals surface area (Å²) in [6, 6.07) is 5.83. The Morgan fingerprint density at radius 1 is 1.06 bits per heavy atom. The van der Waals surface area contributed by atoms with Crippen molar-refractivity contribution < 1.29 is 18.8 Å². The molecule has 0 bridgehead atoms. The van der Waals surface area contributed by atoms with Gasteiger partial charge in [0, 0.05) is 23.3 Å². The minimum Gasteiger partial charge on any atom is -0.423 e. The van der Waals surface area contributed by atoms with Crippen LogP contribution in [-0.4, -0.2) is 22.2 Å². The first-order valence-corrected chi connectivity index (χ1v) is 4.85. The van der Waals surface area contributed by atoms with Gasteiger partial charge in [-0.05, 0) is 18.2 Å². The van der Waals surface area contributed by atoms with Crippen LogP contribution in [0.4, 0.5) is 8.78 Å². The Labute approximate surface area is 96.5 Å². The highest BCUT2D eigenvalue weighted by molar-refractivity contribution is 6.60. The number of aromatic nitrogens is 1. The first kappa shape index (κ1) is 11.7. The highest BCUT2D eigenvalue weighted by Crippen LogP contribution is 2.18. The van der Waals surface area contributed by atoms with E-state index in [1.807, 2.05) is 0 Å². The second-order valence-corrected chi connectivity index (χ2v) is 3.47. The van der Waals surface area contributed by atoms with E-state index in [9.17, 15) is 8.78 Å². The Bertz CT molecular complexity index is 528. The Kier molecular flexibility index (Phi) is 3.17. The lowest BCUT2D eigenvalue weighted by atomic mass is 9.77. The molecule has 0 saturated heterocycles. The highest BCUT2D eigenvalue weighted by atomic mass is 19.1. The molecule has 0 aliphatic carbocycles. The first-order valence-electron chi connectivity index (χ1n) is 4.85. The van der Waals surface area contributed by atoms with Gasteiger partial charge in [-0.2, -0.15) is 0 Å². The first-order chi connectivity index (χ1) is 8.08. The summed E-state index contributed by atoms with van der Waals surface area (Å²) in [6.45, 7) is 0. The van der Waals surface area contributed by atoms with Crippen molar-refractivity contribution in [1.82, 2.24) is 4.98 Å². The number of pyridine rings is 1. The molecule has 6 heteroatoms. The monoisotopic (exact) mass is 235 g/mol. The predicted molar refractivity (Wildman–Crippen MR) is 59.4 cm³/mol. The molecule has 17 heavy (non-hydrogen) atoms. The van der Waals surface area contributed by atoms with Crippen LogP contribution in [0.25, 0.3) is 11.3 Å². The zero-order valence-electron chi connectivity index (χ0n) is 8.64. The fourth-order valence-electron chi connectivity index (χ4n) is 1.56. The molecular weight excluding hydrogens is 227 g/mol. The summed E-state index contributed by atoms with van der Waals surface area (Å²) in [7, 11) is -1.75. The van der Waals surface area contributed by atoms with Gasteiger partial charge in [0.15, 0.2) is 0 Å². The summed E-state index contributed by atoms with van der Waals surface area (Å²) in [6.07, 6.45) is 1.41. The van der Waals surface area contributed by atoms with Gasteiger partial charge in [-0.25, -0.2) is 8.78 Å². The van der Waals surface area contributed by atoms with Crippen LogP contribution < -0.4 is 5.46 Å².